The number of rotatable bonds is 6. The van der Waals surface area contributed by atoms with Crippen LogP contribution in [0, 0.1) is 0 Å². The molecule has 3 heteroatoms. The lowest BCUT2D eigenvalue weighted by Gasteiger charge is -2.32. The molecule has 1 fully saturated rings. The van der Waals surface area contributed by atoms with Crippen molar-refractivity contribution in [1.82, 2.24) is 4.90 Å². The Hall–Kier alpha value is -1.35. The Morgan fingerprint density at radius 3 is 2.62 bits per heavy atom. The Morgan fingerprint density at radius 2 is 1.92 bits per heavy atom. The lowest BCUT2D eigenvalue weighted by atomic mass is 9.88. The van der Waals surface area contributed by atoms with E-state index in [0.29, 0.717) is 18.0 Å². The molecule has 0 aromatic heterocycles. The van der Waals surface area contributed by atoms with Crippen molar-refractivity contribution in [2.75, 3.05) is 20.1 Å². The lowest BCUT2D eigenvalue weighted by Crippen LogP contribution is -2.31. The highest BCUT2D eigenvalue weighted by Crippen LogP contribution is 2.34. The molecule has 0 radical (unpaired) electrons. The van der Waals surface area contributed by atoms with Crippen LogP contribution in [0.2, 0.25) is 5.02 Å². The minimum Gasteiger partial charge on any atom is -0.366 e. The fourth-order valence-electron chi connectivity index (χ4n) is 3.14. The molecule has 1 aliphatic heterocycles. The van der Waals surface area contributed by atoms with Crippen LogP contribution in [-0.4, -0.2) is 31.0 Å². The fraction of sp³-hybridized carbons (Fsp3) is 0.429. The van der Waals surface area contributed by atoms with Gasteiger partial charge in [0.1, 0.15) is 5.60 Å². The Balaban J connectivity index is 1.90. The van der Waals surface area contributed by atoms with Crippen LogP contribution in [-0.2, 0) is 10.3 Å². The van der Waals surface area contributed by atoms with E-state index in [1.165, 1.54) is 4.90 Å². The molecule has 0 saturated carbocycles. The van der Waals surface area contributed by atoms with Crippen molar-refractivity contribution in [3.63, 3.8) is 0 Å². The molecule has 2 aromatic rings. The van der Waals surface area contributed by atoms with E-state index in [-0.39, 0.29) is 12.5 Å². The van der Waals surface area contributed by atoms with E-state index in [0.717, 1.165) is 17.5 Å². The lowest BCUT2D eigenvalue weighted by molar-refractivity contribution is -0.0117. The first kappa shape index (κ1) is 12.1. The number of hydrogen-bond acceptors (Lipinski definition) is 2. The SMILES string of the molecule is [2H]C([2H])(C[C@@H]1CCCN1C([2H])([2H])[2H])O[C@](C)(c1ccccc1)c1ccc(Cl)cc1. The molecule has 0 amide bonds. The van der Waals surface area contributed by atoms with Gasteiger partial charge in [-0.25, -0.2) is 0 Å². The van der Waals surface area contributed by atoms with E-state index in [1.54, 1.807) is 12.1 Å². The molecule has 2 atom stereocenters. The molecule has 24 heavy (non-hydrogen) atoms. The summed E-state index contributed by atoms with van der Waals surface area (Å²) in [6, 6.07) is 16.2. The molecule has 0 unspecified atom stereocenters. The van der Waals surface area contributed by atoms with Crippen molar-refractivity contribution in [2.45, 2.75) is 37.8 Å². The Kier molecular flexibility index (Phi) is 3.87. The molecular weight excluding hydrogens is 318 g/mol. The highest BCUT2D eigenvalue weighted by atomic mass is 35.5. The van der Waals surface area contributed by atoms with Gasteiger partial charge in [-0.15, -0.1) is 0 Å². The third kappa shape index (κ3) is 3.83. The summed E-state index contributed by atoms with van der Waals surface area (Å²) in [4.78, 5) is 1.41. The van der Waals surface area contributed by atoms with E-state index in [1.807, 2.05) is 49.4 Å². The number of likely N-dealkylation sites (tertiary alicyclic amines) is 1. The summed E-state index contributed by atoms with van der Waals surface area (Å²) >= 11 is 6.04. The van der Waals surface area contributed by atoms with E-state index in [2.05, 4.69) is 0 Å². The van der Waals surface area contributed by atoms with Gasteiger partial charge >= 0.3 is 0 Å². The van der Waals surface area contributed by atoms with Gasteiger partial charge in [0.05, 0.1) is 2.74 Å². The molecule has 0 aliphatic carbocycles. The quantitative estimate of drug-likeness (QED) is 0.719. The second kappa shape index (κ2) is 7.69. The first-order chi connectivity index (χ1) is 13.5. The summed E-state index contributed by atoms with van der Waals surface area (Å²) in [6.45, 7) is -1.97. The van der Waals surface area contributed by atoms with E-state index in [4.69, 9.17) is 23.2 Å². The Bertz CT molecular complexity index is 812. The average molecular weight is 349 g/mol. The maximum atomic E-state index is 8.59. The monoisotopic (exact) mass is 348 g/mol. The molecule has 0 N–H and O–H groups in total. The topological polar surface area (TPSA) is 12.5 Å². The number of nitrogens with zero attached hydrogens (tertiary/aromatic N) is 1. The fourth-order valence-corrected chi connectivity index (χ4v) is 3.26. The summed E-state index contributed by atoms with van der Waals surface area (Å²) in [7, 11) is 0. The van der Waals surface area contributed by atoms with Crippen molar-refractivity contribution in [3.8, 4) is 0 Å². The third-order valence-electron chi connectivity index (χ3n) is 4.69. The maximum Gasteiger partial charge on any atom is 0.115 e. The molecule has 1 heterocycles. The molecule has 3 rings (SSSR count). The van der Waals surface area contributed by atoms with Gasteiger partial charge in [0.25, 0.3) is 0 Å². The molecular formula is C21H26ClNO. The second-order valence-electron chi connectivity index (χ2n) is 6.35. The Morgan fingerprint density at radius 1 is 1.21 bits per heavy atom. The smallest absolute Gasteiger partial charge is 0.115 e. The van der Waals surface area contributed by atoms with Crippen LogP contribution in [0.25, 0.3) is 0 Å². The van der Waals surface area contributed by atoms with Gasteiger partial charge in [0, 0.05) is 21.7 Å². The van der Waals surface area contributed by atoms with Crippen LogP contribution in [0.15, 0.2) is 54.6 Å². The van der Waals surface area contributed by atoms with Crippen molar-refractivity contribution in [3.05, 3.63) is 70.7 Å². The van der Waals surface area contributed by atoms with E-state index < -0.39 is 19.1 Å². The number of hydrogen-bond donors (Lipinski definition) is 0. The molecule has 2 nitrogen and oxygen atoms in total. The predicted octanol–water partition coefficient (Wildman–Crippen LogP) is 5.10. The molecule has 1 aliphatic rings. The minimum absolute atomic E-state index is 0.0125. The first-order valence-corrected chi connectivity index (χ1v) is 8.68. The molecule has 0 bridgehead atoms. The van der Waals surface area contributed by atoms with Crippen LogP contribution < -0.4 is 0 Å². The highest BCUT2D eigenvalue weighted by molar-refractivity contribution is 6.30. The summed E-state index contributed by atoms with van der Waals surface area (Å²) in [6.07, 6.45) is 1.37. The largest absolute Gasteiger partial charge is 0.366 e. The van der Waals surface area contributed by atoms with Crippen LogP contribution >= 0.6 is 11.6 Å². The Labute approximate surface area is 157 Å². The van der Waals surface area contributed by atoms with Gasteiger partial charge in [-0.1, -0.05) is 54.1 Å². The summed E-state index contributed by atoms with van der Waals surface area (Å²) in [5.74, 6) is 0. The van der Waals surface area contributed by atoms with Gasteiger partial charge in [-0.2, -0.15) is 0 Å². The minimum atomic E-state index is -2.23. The number of ether oxygens (including phenoxy) is 1. The number of halogens is 1. The van der Waals surface area contributed by atoms with Gasteiger partial charge in [0.15, 0.2) is 0 Å². The van der Waals surface area contributed by atoms with E-state index in [9.17, 15) is 0 Å². The first-order valence-electron chi connectivity index (χ1n) is 10.8. The van der Waals surface area contributed by atoms with Crippen LogP contribution in [0.1, 0.15) is 44.2 Å². The normalized spacial score (nSPS) is 25.1. The van der Waals surface area contributed by atoms with Crippen molar-refractivity contribution < 1.29 is 11.6 Å². The summed E-state index contributed by atoms with van der Waals surface area (Å²) in [5, 5.41) is 0.589. The van der Waals surface area contributed by atoms with Crippen LogP contribution in [0.5, 0.6) is 0 Å². The summed E-state index contributed by atoms with van der Waals surface area (Å²) < 4.78 is 46.5. The van der Waals surface area contributed by atoms with Crippen LogP contribution in [0.4, 0.5) is 0 Å². The molecule has 128 valence electrons. The van der Waals surface area contributed by atoms with Crippen molar-refractivity contribution >= 4 is 11.6 Å². The van der Waals surface area contributed by atoms with Crippen LogP contribution in [0.3, 0.4) is 0 Å². The predicted molar refractivity (Wildman–Crippen MR) is 101 cm³/mol. The van der Waals surface area contributed by atoms with Gasteiger partial charge < -0.3 is 9.64 Å². The van der Waals surface area contributed by atoms with Crippen molar-refractivity contribution in [2.24, 2.45) is 0 Å². The molecule has 1 saturated heterocycles. The second-order valence-corrected chi connectivity index (χ2v) is 6.78. The van der Waals surface area contributed by atoms with Gasteiger partial charge in [0.2, 0.25) is 0 Å². The summed E-state index contributed by atoms with van der Waals surface area (Å²) in [5.41, 5.74) is 0.528. The molecule has 2 aromatic carbocycles. The third-order valence-corrected chi connectivity index (χ3v) is 4.94. The standard InChI is InChI=1S/C21H26ClNO/c1-21(17-7-4-3-5-8-17,18-10-12-19(22)13-11-18)24-16-14-20-9-6-15-23(20)2/h3-5,7-8,10-13,20H,6,9,14-16H2,1-2H3/t20-,21+/m0/s1/i2D3,16D2. The van der Waals surface area contributed by atoms with Gasteiger partial charge in [-0.3, -0.25) is 0 Å². The average Bonchev–Trinajstić information content (AvgIpc) is 3.10. The molecule has 0 spiro atoms. The zero-order valence-corrected chi connectivity index (χ0v) is 14.6. The van der Waals surface area contributed by atoms with Crippen molar-refractivity contribution in [1.29, 1.82) is 0 Å². The zero-order chi connectivity index (χ0) is 21.3. The zero-order valence-electron chi connectivity index (χ0n) is 18.8. The maximum absolute atomic E-state index is 8.59. The van der Waals surface area contributed by atoms with E-state index >= 15 is 0 Å². The highest BCUT2D eigenvalue weighted by Gasteiger charge is 2.30. The number of benzene rings is 2. The van der Waals surface area contributed by atoms with Gasteiger partial charge in [-0.05, 0) is 63.0 Å².